The summed E-state index contributed by atoms with van der Waals surface area (Å²) in [6, 6.07) is 0. The fourth-order valence-electron chi connectivity index (χ4n) is 1.58. The van der Waals surface area contributed by atoms with Gasteiger partial charge in [-0.15, -0.1) is 0 Å². The van der Waals surface area contributed by atoms with E-state index in [0.29, 0.717) is 0 Å². The van der Waals surface area contributed by atoms with Crippen molar-refractivity contribution in [3.05, 3.63) is 0 Å². The lowest BCUT2D eigenvalue weighted by molar-refractivity contribution is 0.0105. The topological polar surface area (TPSA) is 9.23 Å². The van der Waals surface area contributed by atoms with Gasteiger partial charge in [-0.2, -0.15) is 0 Å². The normalized spacial score (nSPS) is 14.8. The molecule has 0 N–H and O–H groups in total. The average molecular weight is 265 g/mol. The number of hydrogen-bond donors (Lipinski definition) is 0. The molecule has 0 radical (unpaired) electrons. The molecule has 0 aliphatic carbocycles. The molecule has 0 rings (SSSR count). The van der Waals surface area contributed by atoms with Crippen LogP contribution in [0.25, 0.3) is 0 Å². The number of methoxy groups -OCH3 is 1. The van der Waals surface area contributed by atoms with Crippen LogP contribution in [0.15, 0.2) is 0 Å². The van der Waals surface area contributed by atoms with Crippen molar-refractivity contribution in [2.24, 2.45) is 11.8 Å². The Morgan fingerprint density at radius 3 is 2.21 bits per heavy atom. The Labute approximate surface area is 97.7 Å². The average Bonchev–Trinajstić information content (AvgIpc) is 2.12. The van der Waals surface area contributed by atoms with Crippen molar-refractivity contribution in [1.29, 1.82) is 0 Å². The van der Waals surface area contributed by atoms with Gasteiger partial charge < -0.3 is 4.74 Å². The SMILES string of the molecule is COC(C)(C)CCC(CBr)CC(C)C. The molecule has 0 aromatic heterocycles. The summed E-state index contributed by atoms with van der Waals surface area (Å²) in [4.78, 5) is 0. The van der Waals surface area contributed by atoms with Gasteiger partial charge in [-0.25, -0.2) is 0 Å². The van der Waals surface area contributed by atoms with Gasteiger partial charge in [0, 0.05) is 12.4 Å². The van der Waals surface area contributed by atoms with Crippen molar-refractivity contribution in [1.82, 2.24) is 0 Å². The summed E-state index contributed by atoms with van der Waals surface area (Å²) in [6.07, 6.45) is 3.71. The molecule has 0 amide bonds. The maximum Gasteiger partial charge on any atom is 0.0622 e. The van der Waals surface area contributed by atoms with Gasteiger partial charge in [0.05, 0.1) is 5.60 Å². The molecule has 0 heterocycles. The molecule has 0 fully saturated rings. The maximum atomic E-state index is 5.42. The van der Waals surface area contributed by atoms with Crippen LogP contribution >= 0.6 is 15.9 Å². The number of halogens is 1. The van der Waals surface area contributed by atoms with Crippen LogP contribution in [0.2, 0.25) is 0 Å². The van der Waals surface area contributed by atoms with E-state index in [1.165, 1.54) is 12.8 Å². The van der Waals surface area contributed by atoms with Crippen molar-refractivity contribution in [3.8, 4) is 0 Å². The molecular weight excluding hydrogens is 240 g/mol. The summed E-state index contributed by atoms with van der Waals surface area (Å²) in [5.41, 5.74) is 0.0391. The van der Waals surface area contributed by atoms with Crippen LogP contribution in [0.3, 0.4) is 0 Å². The minimum Gasteiger partial charge on any atom is -0.379 e. The summed E-state index contributed by atoms with van der Waals surface area (Å²) in [5, 5.41) is 1.12. The van der Waals surface area contributed by atoms with Crippen molar-refractivity contribution in [3.63, 3.8) is 0 Å². The standard InChI is InChI=1S/C12H25BrO/c1-10(2)8-11(9-13)6-7-12(3,4)14-5/h10-11H,6-9H2,1-5H3. The Morgan fingerprint density at radius 1 is 1.29 bits per heavy atom. The van der Waals surface area contributed by atoms with Crippen molar-refractivity contribution in [2.75, 3.05) is 12.4 Å². The lowest BCUT2D eigenvalue weighted by Crippen LogP contribution is -2.24. The molecule has 86 valence electrons. The minimum atomic E-state index is 0.0391. The molecule has 0 saturated heterocycles. The van der Waals surface area contributed by atoms with E-state index >= 15 is 0 Å². The van der Waals surface area contributed by atoms with Gasteiger partial charge >= 0.3 is 0 Å². The van der Waals surface area contributed by atoms with E-state index in [4.69, 9.17) is 4.74 Å². The van der Waals surface area contributed by atoms with Crippen LogP contribution < -0.4 is 0 Å². The predicted molar refractivity (Wildman–Crippen MR) is 67.1 cm³/mol. The summed E-state index contributed by atoms with van der Waals surface area (Å²) >= 11 is 3.59. The highest BCUT2D eigenvalue weighted by molar-refractivity contribution is 9.09. The first kappa shape index (κ1) is 14.4. The van der Waals surface area contributed by atoms with Crippen LogP contribution in [-0.2, 0) is 4.74 Å². The second-order valence-corrected chi connectivity index (χ2v) is 5.80. The van der Waals surface area contributed by atoms with Crippen LogP contribution in [0.4, 0.5) is 0 Å². The van der Waals surface area contributed by atoms with E-state index in [9.17, 15) is 0 Å². The Kier molecular flexibility index (Phi) is 7.05. The van der Waals surface area contributed by atoms with Gasteiger partial charge in [0.1, 0.15) is 0 Å². The molecule has 0 aromatic carbocycles. The highest BCUT2D eigenvalue weighted by atomic mass is 79.9. The Morgan fingerprint density at radius 2 is 1.86 bits per heavy atom. The molecule has 0 aliphatic rings. The fraction of sp³-hybridized carbons (Fsp3) is 1.00. The van der Waals surface area contributed by atoms with Gasteiger partial charge in [0.2, 0.25) is 0 Å². The third-order valence-corrected chi connectivity index (χ3v) is 3.65. The van der Waals surface area contributed by atoms with Crippen LogP contribution in [0, 0.1) is 11.8 Å². The molecule has 1 unspecified atom stereocenters. The van der Waals surface area contributed by atoms with Gasteiger partial charge in [-0.1, -0.05) is 29.8 Å². The van der Waals surface area contributed by atoms with E-state index < -0.39 is 0 Å². The summed E-state index contributed by atoms with van der Waals surface area (Å²) < 4.78 is 5.42. The first-order valence-corrected chi connectivity index (χ1v) is 6.64. The third kappa shape index (κ3) is 6.83. The van der Waals surface area contributed by atoms with Crippen LogP contribution in [-0.4, -0.2) is 18.0 Å². The molecule has 0 aromatic rings. The quantitative estimate of drug-likeness (QED) is 0.625. The zero-order valence-corrected chi connectivity index (χ0v) is 11.9. The monoisotopic (exact) mass is 264 g/mol. The molecule has 1 nitrogen and oxygen atoms in total. The third-order valence-electron chi connectivity index (χ3n) is 2.73. The van der Waals surface area contributed by atoms with Crippen molar-refractivity contribution < 1.29 is 4.74 Å². The number of ether oxygens (including phenoxy) is 1. The summed E-state index contributed by atoms with van der Waals surface area (Å²) in [6.45, 7) is 8.90. The van der Waals surface area contributed by atoms with Gasteiger partial charge in [0.15, 0.2) is 0 Å². The fourth-order valence-corrected chi connectivity index (χ4v) is 2.17. The molecule has 2 heteroatoms. The first-order valence-electron chi connectivity index (χ1n) is 5.52. The van der Waals surface area contributed by atoms with Crippen LogP contribution in [0.5, 0.6) is 0 Å². The van der Waals surface area contributed by atoms with Gasteiger partial charge in [0.25, 0.3) is 0 Å². The molecule has 0 bridgehead atoms. The largest absolute Gasteiger partial charge is 0.379 e. The molecular formula is C12H25BrO. The smallest absolute Gasteiger partial charge is 0.0622 e. The van der Waals surface area contributed by atoms with E-state index in [1.54, 1.807) is 7.11 Å². The first-order chi connectivity index (χ1) is 6.41. The second kappa shape index (κ2) is 6.84. The lowest BCUT2D eigenvalue weighted by Gasteiger charge is -2.25. The lowest BCUT2D eigenvalue weighted by atomic mass is 9.90. The molecule has 14 heavy (non-hydrogen) atoms. The molecule has 0 saturated carbocycles. The summed E-state index contributed by atoms with van der Waals surface area (Å²) in [5.74, 6) is 1.59. The Hall–Kier alpha value is 0.440. The molecule has 0 aliphatic heterocycles. The number of rotatable bonds is 7. The van der Waals surface area contributed by atoms with Gasteiger partial charge in [-0.3, -0.25) is 0 Å². The van der Waals surface area contributed by atoms with E-state index in [0.717, 1.165) is 23.6 Å². The number of alkyl halides is 1. The zero-order chi connectivity index (χ0) is 11.2. The van der Waals surface area contributed by atoms with Crippen molar-refractivity contribution >= 4 is 15.9 Å². The maximum absolute atomic E-state index is 5.42. The van der Waals surface area contributed by atoms with Gasteiger partial charge in [-0.05, 0) is 44.9 Å². The Bertz CT molecular complexity index is 143. The van der Waals surface area contributed by atoms with E-state index in [2.05, 4.69) is 43.6 Å². The number of hydrogen-bond acceptors (Lipinski definition) is 1. The highest BCUT2D eigenvalue weighted by Crippen LogP contribution is 2.24. The highest BCUT2D eigenvalue weighted by Gasteiger charge is 2.19. The minimum absolute atomic E-state index is 0.0391. The predicted octanol–water partition coefficient (Wildman–Crippen LogP) is 4.25. The Balaban J connectivity index is 3.83. The van der Waals surface area contributed by atoms with Crippen LogP contribution in [0.1, 0.15) is 47.0 Å². The zero-order valence-electron chi connectivity index (χ0n) is 10.3. The van der Waals surface area contributed by atoms with E-state index in [-0.39, 0.29) is 5.60 Å². The van der Waals surface area contributed by atoms with E-state index in [1.807, 2.05) is 0 Å². The molecule has 1 atom stereocenters. The van der Waals surface area contributed by atoms with Crippen molar-refractivity contribution in [2.45, 2.75) is 52.6 Å². The second-order valence-electron chi connectivity index (χ2n) is 5.15. The summed E-state index contributed by atoms with van der Waals surface area (Å²) in [7, 11) is 1.80. The molecule has 0 spiro atoms.